The molecule has 0 bridgehead atoms. The highest BCUT2D eigenvalue weighted by Crippen LogP contribution is 2.15. The first kappa shape index (κ1) is 19.8. The lowest BCUT2D eigenvalue weighted by Gasteiger charge is -2.17. The minimum atomic E-state index is -0.379. The van der Waals surface area contributed by atoms with Crippen LogP contribution in [0.25, 0.3) is 12.2 Å². The maximum Gasteiger partial charge on any atom is 0.223 e. The number of hydrogen-bond donors (Lipinski definition) is 1. The fraction of sp³-hybridized carbons (Fsp3) is 0.381. The minimum Gasteiger partial charge on any atom is -0.503 e. The highest BCUT2D eigenvalue weighted by atomic mass is 16.5. The van der Waals surface area contributed by atoms with Gasteiger partial charge in [0.2, 0.25) is 5.43 Å². The lowest BCUT2D eigenvalue weighted by Crippen LogP contribution is -2.25. The number of aromatic nitrogens is 1. The van der Waals surface area contributed by atoms with Gasteiger partial charge in [0.1, 0.15) is 5.75 Å². The van der Waals surface area contributed by atoms with Crippen molar-refractivity contribution in [2.24, 2.45) is 7.05 Å². The summed E-state index contributed by atoms with van der Waals surface area (Å²) < 4.78 is 7.50. The molecule has 0 aliphatic rings. The second kappa shape index (κ2) is 9.82. The summed E-state index contributed by atoms with van der Waals surface area (Å²) in [6.07, 6.45) is 6.20. The van der Waals surface area contributed by atoms with Gasteiger partial charge in [-0.05, 0) is 43.3 Å². The number of rotatable bonds is 9. The van der Waals surface area contributed by atoms with Crippen molar-refractivity contribution in [1.29, 1.82) is 0 Å². The number of hydrogen-bond acceptors (Lipinski definition) is 4. The van der Waals surface area contributed by atoms with Gasteiger partial charge in [-0.1, -0.05) is 32.1 Å². The molecule has 0 unspecified atom stereocenters. The van der Waals surface area contributed by atoms with Gasteiger partial charge in [-0.2, -0.15) is 0 Å². The minimum absolute atomic E-state index is 0.243. The third kappa shape index (κ3) is 5.77. The Morgan fingerprint density at radius 1 is 1.15 bits per heavy atom. The Hall–Kier alpha value is -2.53. The average Bonchev–Trinajstić information content (AvgIpc) is 2.65. The zero-order chi connectivity index (χ0) is 18.9. The van der Waals surface area contributed by atoms with E-state index in [-0.39, 0.29) is 11.2 Å². The predicted octanol–water partition coefficient (Wildman–Crippen LogP) is 3.37. The molecule has 0 aliphatic heterocycles. The van der Waals surface area contributed by atoms with E-state index in [9.17, 15) is 9.90 Å². The number of aryl methyl sites for hydroxylation is 1. The summed E-state index contributed by atoms with van der Waals surface area (Å²) in [7, 11) is 1.79. The lowest BCUT2D eigenvalue weighted by atomic mass is 10.2. The van der Waals surface area contributed by atoms with E-state index in [2.05, 4.69) is 18.7 Å². The Labute approximate surface area is 155 Å². The first-order valence-electron chi connectivity index (χ1n) is 9.06. The van der Waals surface area contributed by atoms with Gasteiger partial charge in [0, 0.05) is 31.5 Å². The van der Waals surface area contributed by atoms with Crippen LogP contribution in [0.1, 0.15) is 31.5 Å². The molecule has 0 atom stereocenters. The molecule has 140 valence electrons. The van der Waals surface area contributed by atoms with Crippen molar-refractivity contribution in [3.8, 4) is 11.5 Å². The summed E-state index contributed by atoms with van der Waals surface area (Å²) >= 11 is 0. The van der Waals surface area contributed by atoms with Crippen LogP contribution in [-0.2, 0) is 7.05 Å². The van der Waals surface area contributed by atoms with Crippen molar-refractivity contribution < 1.29 is 9.84 Å². The summed E-state index contributed by atoms with van der Waals surface area (Å²) in [6.45, 7) is 8.26. The van der Waals surface area contributed by atoms with E-state index in [1.54, 1.807) is 11.6 Å². The van der Waals surface area contributed by atoms with E-state index in [1.807, 2.05) is 36.4 Å². The molecule has 0 aliphatic carbocycles. The van der Waals surface area contributed by atoms with Crippen molar-refractivity contribution >= 4 is 12.2 Å². The van der Waals surface area contributed by atoms with Crippen molar-refractivity contribution in [3.05, 3.63) is 58.0 Å². The van der Waals surface area contributed by atoms with Gasteiger partial charge in [-0.3, -0.25) is 4.79 Å². The number of nitrogens with zero attached hydrogens (tertiary/aromatic N) is 2. The predicted molar refractivity (Wildman–Crippen MR) is 107 cm³/mol. The number of benzene rings is 1. The highest BCUT2D eigenvalue weighted by Gasteiger charge is 2.01. The van der Waals surface area contributed by atoms with Gasteiger partial charge in [-0.15, -0.1) is 0 Å². The Morgan fingerprint density at radius 2 is 1.85 bits per heavy atom. The largest absolute Gasteiger partial charge is 0.503 e. The SMILES string of the molecule is CCN(CC)CCCOc1ccc(/C=C/c2cc(=O)c(O)cn2C)cc1. The van der Waals surface area contributed by atoms with Crippen LogP contribution in [0.5, 0.6) is 11.5 Å². The number of ether oxygens (including phenoxy) is 1. The molecular formula is C21H28N2O3. The fourth-order valence-electron chi connectivity index (χ4n) is 2.67. The van der Waals surface area contributed by atoms with Gasteiger partial charge < -0.3 is 19.3 Å². The molecule has 1 aromatic carbocycles. The maximum absolute atomic E-state index is 11.5. The molecule has 0 saturated heterocycles. The molecule has 1 N–H and O–H groups in total. The summed E-state index contributed by atoms with van der Waals surface area (Å²) in [5.74, 6) is 0.617. The summed E-state index contributed by atoms with van der Waals surface area (Å²) in [5.41, 5.74) is 1.36. The monoisotopic (exact) mass is 356 g/mol. The second-order valence-electron chi connectivity index (χ2n) is 6.19. The van der Waals surface area contributed by atoms with Gasteiger partial charge in [-0.25, -0.2) is 0 Å². The fourth-order valence-corrected chi connectivity index (χ4v) is 2.67. The van der Waals surface area contributed by atoms with Crippen LogP contribution in [0.4, 0.5) is 0 Å². The van der Waals surface area contributed by atoms with Crippen molar-refractivity contribution in [3.63, 3.8) is 0 Å². The second-order valence-corrected chi connectivity index (χ2v) is 6.19. The average molecular weight is 356 g/mol. The summed E-state index contributed by atoms with van der Waals surface area (Å²) in [6, 6.07) is 9.28. The molecule has 2 rings (SSSR count). The summed E-state index contributed by atoms with van der Waals surface area (Å²) in [4.78, 5) is 13.9. The van der Waals surface area contributed by atoms with Crippen LogP contribution in [0, 0.1) is 0 Å². The number of aromatic hydroxyl groups is 1. The molecule has 1 heterocycles. The van der Waals surface area contributed by atoms with Crippen molar-refractivity contribution in [2.75, 3.05) is 26.2 Å². The Morgan fingerprint density at radius 3 is 2.50 bits per heavy atom. The normalized spacial score (nSPS) is 11.4. The van der Waals surface area contributed by atoms with Crippen LogP contribution in [0.3, 0.4) is 0 Å². The first-order valence-corrected chi connectivity index (χ1v) is 9.06. The Kier molecular flexibility index (Phi) is 7.48. The third-order valence-corrected chi connectivity index (χ3v) is 4.36. The van der Waals surface area contributed by atoms with Crippen LogP contribution in [-0.4, -0.2) is 40.8 Å². The molecule has 26 heavy (non-hydrogen) atoms. The maximum atomic E-state index is 11.5. The Bertz CT molecular complexity index is 775. The quantitative estimate of drug-likeness (QED) is 0.700. The third-order valence-electron chi connectivity index (χ3n) is 4.36. The van der Waals surface area contributed by atoms with E-state index < -0.39 is 0 Å². The van der Waals surface area contributed by atoms with E-state index in [4.69, 9.17) is 4.74 Å². The molecule has 0 fully saturated rings. The van der Waals surface area contributed by atoms with Gasteiger partial charge >= 0.3 is 0 Å². The molecular weight excluding hydrogens is 328 g/mol. The van der Waals surface area contributed by atoms with E-state index in [1.165, 1.54) is 12.3 Å². The molecule has 0 amide bonds. The van der Waals surface area contributed by atoms with Crippen molar-refractivity contribution in [1.82, 2.24) is 9.47 Å². The zero-order valence-electron chi connectivity index (χ0n) is 15.8. The van der Waals surface area contributed by atoms with Gasteiger partial charge in [0.05, 0.1) is 6.61 Å². The smallest absolute Gasteiger partial charge is 0.223 e. The molecule has 2 aromatic rings. The highest BCUT2D eigenvalue weighted by molar-refractivity contribution is 5.68. The van der Waals surface area contributed by atoms with Crippen LogP contribution < -0.4 is 10.2 Å². The summed E-state index contributed by atoms with van der Waals surface area (Å²) in [5, 5.41) is 9.41. The van der Waals surface area contributed by atoms with E-state index in [0.29, 0.717) is 6.61 Å². The molecule has 0 radical (unpaired) electrons. The molecule has 0 spiro atoms. The number of pyridine rings is 1. The standard InChI is InChI=1S/C21H28N2O3/c1-4-23(5-2)13-6-14-26-19-11-8-17(9-12-19)7-10-18-15-20(24)21(25)16-22(18)3/h7-12,15-16,25H,4-6,13-14H2,1-3H3/b10-7+. The zero-order valence-corrected chi connectivity index (χ0v) is 15.8. The van der Waals surface area contributed by atoms with E-state index in [0.717, 1.165) is 43.1 Å². The van der Waals surface area contributed by atoms with Crippen molar-refractivity contribution in [2.45, 2.75) is 20.3 Å². The topological polar surface area (TPSA) is 54.7 Å². The molecule has 5 heteroatoms. The molecule has 1 aromatic heterocycles. The Balaban J connectivity index is 1.89. The molecule has 5 nitrogen and oxygen atoms in total. The first-order chi connectivity index (χ1) is 12.5. The van der Waals surface area contributed by atoms with Crippen LogP contribution in [0.2, 0.25) is 0 Å². The van der Waals surface area contributed by atoms with Gasteiger partial charge in [0.25, 0.3) is 0 Å². The lowest BCUT2D eigenvalue weighted by molar-refractivity contribution is 0.249. The molecule has 0 saturated carbocycles. The van der Waals surface area contributed by atoms with Gasteiger partial charge in [0.15, 0.2) is 5.75 Å². The van der Waals surface area contributed by atoms with Crippen LogP contribution >= 0.6 is 0 Å². The van der Waals surface area contributed by atoms with E-state index >= 15 is 0 Å². The van der Waals surface area contributed by atoms with Crippen LogP contribution in [0.15, 0.2) is 41.3 Å².